The van der Waals surface area contributed by atoms with E-state index in [1.54, 1.807) is 0 Å². The van der Waals surface area contributed by atoms with Crippen LogP contribution in [0.4, 0.5) is 4.79 Å². The smallest absolute Gasteiger partial charge is 0.317 e. The summed E-state index contributed by atoms with van der Waals surface area (Å²) >= 11 is 0. The van der Waals surface area contributed by atoms with Crippen LogP contribution in [0.25, 0.3) is 0 Å². The monoisotopic (exact) mass is 234 g/mol. The Balaban J connectivity index is 1.61. The van der Waals surface area contributed by atoms with Crippen molar-refractivity contribution in [2.45, 2.75) is 51.0 Å². The van der Waals surface area contributed by atoms with E-state index in [2.05, 4.69) is 22.4 Å². The van der Waals surface area contributed by atoms with Gasteiger partial charge in [-0.05, 0) is 50.4 Å². The molecule has 1 saturated carbocycles. The van der Waals surface area contributed by atoms with Crippen LogP contribution in [-0.4, -0.2) is 30.1 Å². The molecule has 1 saturated heterocycles. The van der Waals surface area contributed by atoms with Crippen LogP contribution in [0.2, 0.25) is 0 Å². The van der Waals surface area contributed by atoms with Gasteiger partial charge in [-0.1, -0.05) is 12.2 Å². The van der Waals surface area contributed by atoms with E-state index in [9.17, 15) is 4.79 Å². The maximum atomic E-state index is 12.1. The molecule has 3 heteroatoms. The van der Waals surface area contributed by atoms with E-state index >= 15 is 0 Å². The number of amides is 2. The van der Waals surface area contributed by atoms with Crippen molar-refractivity contribution >= 4 is 6.03 Å². The summed E-state index contributed by atoms with van der Waals surface area (Å²) in [6.45, 7) is 1.92. The fourth-order valence-electron chi connectivity index (χ4n) is 3.19. The Bertz CT molecular complexity index is 335. The number of likely N-dealkylation sites (tertiary alicyclic amines) is 1. The van der Waals surface area contributed by atoms with E-state index in [-0.39, 0.29) is 6.03 Å². The fraction of sp³-hybridized carbons (Fsp3) is 0.786. The van der Waals surface area contributed by atoms with Gasteiger partial charge in [0.1, 0.15) is 0 Å². The second-order valence-corrected chi connectivity index (χ2v) is 5.96. The van der Waals surface area contributed by atoms with Crippen molar-refractivity contribution in [2.24, 2.45) is 5.41 Å². The molecule has 3 nitrogen and oxygen atoms in total. The highest BCUT2D eigenvalue weighted by Crippen LogP contribution is 2.40. The second kappa shape index (κ2) is 4.35. The summed E-state index contributed by atoms with van der Waals surface area (Å²) in [4.78, 5) is 14.1. The van der Waals surface area contributed by atoms with Gasteiger partial charge < -0.3 is 10.2 Å². The summed E-state index contributed by atoms with van der Waals surface area (Å²) in [7, 11) is 0. The Labute approximate surface area is 103 Å². The van der Waals surface area contributed by atoms with Gasteiger partial charge in [0.15, 0.2) is 0 Å². The molecule has 1 spiro atoms. The fourth-order valence-corrected chi connectivity index (χ4v) is 3.19. The first-order valence-electron chi connectivity index (χ1n) is 6.98. The van der Waals surface area contributed by atoms with E-state index in [4.69, 9.17) is 0 Å². The van der Waals surface area contributed by atoms with Crippen LogP contribution in [0.5, 0.6) is 0 Å². The normalized spacial score (nSPS) is 32.8. The van der Waals surface area contributed by atoms with Crippen molar-refractivity contribution in [3.8, 4) is 0 Å². The number of piperidine rings is 1. The molecule has 2 fully saturated rings. The average molecular weight is 234 g/mol. The average Bonchev–Trinajstić information content (AvgIpc) is 3.14. The molecule has 17 heavy (non-hydrogen) atoms. The van der Waals surface area contributed by atoms with Crippen molar-refractivity contribution < 1.29 is 4.79 Å². The number of hydrogen-bond acceptors (Lipinski definition) is 1. The van der Waals surface area contributed by atoms with Crippen LogP contribution in [0.15, 0.2) is 12.2 Å². The third kappa shape index (κ3) is 2.48. The molecule has 0 aromatic heterocycles. The Hall–Kier alpha value is -0.990. The maximum absolute atomic E-state index is 12.1. The number of urea groups is 1. The van der Waals surface area contributed by atoms with Gasteiger partial charge in [0.25, 0.3) is 0 Å². The lowest BCUT2D eigenvalue weighted by Gasteiger charge is -2.43. The Kier molecular flexibility index (Phi) is 2.85. The molecule has 2 amide bonds. The summed E-state index contributed by atoms with van der Waals surface area (Å²) in [5, 5.41) is 3.11. The number of carbonyl (C=O) groups excluding carboxylic acids is 1. The zero-order valence-corrected chi connectivity index (χ0v) is 10.5. The van der Waals surface area contributed by atoms with Crippen molar-refractivity contribution in [1.82, 2.24) is 10.2 Å². The van der Waals surface area contributed by atoms with E-state index in [0.29, 0.717) is 11.5 Å². The topological polar surface area (TPSA) is 32.3 Å². The Morgan fingerprint density at radius 3 is 2.88 bits per heavy atom. The molecular formula is C14H22N2O. The highest BCUT2D eigenvalue weighted by atomic mass is 16.2. The van der Waals surface area contributed by atoms with Gasteiger partial charge in [0, 0.05) is 19.1 Å². The first-order valence-corrected chi connectivity index (χ1v) is 6.98. The van der Waals surface area contributed by atoms with Crippen LogP contribution in [0.3, 0.4) is 0 Å². The van der Waals surface area contributed by atoms with Gasteiger partial charge in [-0.3, -0.25) is 0 Å². The van der Waals surface area contributed by atoms with Crippen molar-refractivity contribution in [2.75, 3.05) is 13.1 Å². The molecular weight excluding hydrogens is 212 g/mol. The number of hydrogen-bond donors (Lipinski definition) is 1. The third-order valence-electron chi connectivity index (χ3n) is 4.41. The lowest BCUT2D eigenvalue weighted by molar-refractivity contribution is 0.0958. The quantitative estimate of drug-likeness (QED) is 0.695. The van der Waals surface area contributed by atoms with Crippen LogP contribution in [0.1, 0.15) is 44.9 Å². The summed E-state index contributed by atoms with van der Waals surface area (Å²) in [5.41, 5.74) is 0.397. The largest absolute Gasteiger partial charge is 0.335 e. The molecule has 0 aromatic carbocycles. The highest BCUT2D eigenvalue weighted by Gasteiger charge is 2.37. The van der Waals surface area contributed by atoms with Crippen molar-refractivity contribution in [3.05, 3.63) is 12.2 Å². The number of rotatable bonds is 1. The molecule has 1 heterocycles. The first kappa shape index (κ1) is 11.1. The van der Waals surface area contributed by atoms with E-state index in [1.165, 1.54) is 44.9 Å². The third-order valence-corrected chi connectivity index (χ3v) is 4.41. The lowest BCUT2D eigenvalue weighted by atomic mass is 9.71. The standard InChI is InChI=1S/C14H22N2O/c17-13(15-12-5-6-12)16-10-4-9-14(11-16)7-2-1-3-8-14/h1-2,12H,3-11H2,(H,15,17). The molecule has 0 radical (unpaired) electrons. The molecule has 94 valence electrons. The van der Waals surface area contributed by atoms with Gasteiger partial charge in [-0.15, -0.1) is 0 Å². The van der Waals surface area contributed by atoms with Crippen molar-refractivity contribution in [1.29, 1.82) is 0 Å². The van der Waals surface area contributed by atoms with Gasteiger partial charge >= 0.3 is 6.03 Å². The Morgan fingerprint density at radius 2 is 2.18 bits per heavy atom. The highest BCUT2D eigenvalue weighted by molar-refractivity contribution is 5.75. The predicted octanol–water partition coefficient (Wildman–Crippen LogP) is 2.68. The summed E-state index contributed by atoms with van der Waals surface area (Å²) < 4.78 is 0. The minimum atomic E-state index is 0.182. The second-order valence-electron chi connectivity index (χ2n) is 5.96. The minimum absolute atomic E-state index is 0.182. The molecule has 0 bridgehead atoms. The summed E-state index contributed by atoms with van der Waals surface area (Å²) in [6, 6.07) is 0.660. The molecule has 1 N–H and O–H groups in total. The molecule has 1 aliphatic heterocycles. The number of allylic oxidation sites excluding steroid dienone is 2. The van der Waals surface area contributed by atoms with E-state index < -0.39 is 0 Å². The number of nitrogens with one attached hydrogen (secondary N) is 1. The van der Waals surface area contributed by atoms with Gasteiger partial charge in [-0.25, -0.2) is 4.79 Å². The zero-order valence-electron chi connectivity index (χ0n) is 10.5. The Morgan fingerprint density at radius 1 is 1.29 bits per heavy atom. The molecule has 3 rings (SSSR count). The van der Waals surface area contributed by atoms with Gasteiger partial charge in [0.2, 0.25) is 0 Å². The van der Waals surface area contributed by atoms with E-state index in [0.717, 1.165) is 13.1 Å². The SMILES string of the molecule is O=C(NC1CC1)N1CCCC2(CC=CCC2)C1. The summed E-state index contributed by atoms with van der Waals surface area (Å²) in [5.74, 6) is 0. The maximum Gasteiger partial charge on any atom is 0.317 e. The predicted molar refractivity (Wildman–Crippen MR) is 67.8 cm³/mol. The summed E-state index contributed by atoms with van der Waals surface area (Å²) in [6.07, 6.45) is 13.0. The molecule has 2 aliphatic carbocycles. The molecule has 3 aliphatic rings. The van der Waals surface area contributed by atoms with Gasteiger partial charge in [-0.2, -0.15) is 0 Å². The minimum Gasteiger partial charge on any atom is -0.335 e. The van der Waals surface area contributed by atoms with Crippen LogP contribution < -0.4 is 5.32 Å². The molecule has 0 aromatic rings. The van der Waals surface area contributed by atoms with Gasteiger partial charge in [0.05, 0.1) is 0 Å². The van der Waals surface area contributed by atoms with Crippen LogP contribution in [-0.2, 0) is 0 Å². The van der Waals surface area contributed by atoms with Crippen LogP contribution in [0, 0.1) is 5.41 Å². The van der Waals surface area contributed by atoms with E-state index in [1.807, 2.05) is 0 Å². The molecule has 1 atom stereocenters. The lowest BCUT2D eigenvalue weighted by Crippen LogP contribution is -2.50. The van der Waals surface area contributed by atoms with Crippen LogP contribution >= 0.6 is 0 Å². The zero-order chi connectivity index (χ0) is 11.7. The molecule has 1 unspecified atom stereocenters. The number of nitrogens with zero attached hydrogens (tertiary/aromatic N) is 1. The first-order chi connectivity index (χ1) is 8.27. The van der Waals surface area contributed by atoms with Crippen molar-refractivity contribution in [3.63, 3.8) is 0 Å². The number of carbonyl (C=O) groups is 1.